The molecule has 0 heterocycles. The molecule has 0 amide bonds. The Morgan fingerprint density at radius 1 is 0.946 bits per heavy atom. The van der Waals surface area contributed by atoms with Gasteiger partial charge < -0.3 is 14.6 Å². The lowest BCUT2D eigenvalue weighted by Gasteiger charge is -2.37. The van der Waals surface area contributed by atoms with E-state index in [2.05, 4.69) is 4.74 Å². The quantitative estimate of drug-likeness (QED) is 0.0867. The Balaban J connectivity index is 2.05. The Morgan fingerprint density at radius 2 is 1.54 bits per heavy atom. The van der Waals surface area contributed by atoms with E-state index in [0.717, 1.165) is 18.2 Å². The van der Waals surface area contributed by atoms with Gasteiger partial charge in [0.25, 0.3) is 15.7 Å². The number of hydrogen-bond donors (Lipinski definition) is 2. The number of rotatable bonds is 7. The lowest BCUT2D eigenvalue weighted by molar-refractivity contribution is -0.399. The summed E-state index contributed by atoms with van der Waals surface area (Å²) in [7, 11) is -5.93. The summed E-state index contributed by atoms with van der Waals surface area (Å²) in [5, 5.41) is 11.4. The van der Waals surface area contributed by atoms with E-state index in [1.807, 2.05) is 0 Å². The Hall–Kier alpha value is -2.47. The Bertz CT molecular complexity index is 1400. The van der Waals surface area contributed by atoms with Gasteiger partial charge in [-0.1, -0.05) is 36.4 Å². The summed E-state index contributed by atoms with van der Waals surface area (Å²) >= 11 is 1.71. The highest BCUT2D eigenvalue weighted by Gasteiger charge is 2.74. The molecule has 1 atom stereocenters. The van der Waals surface area contributed by atoms with E-state index in [1.165, 1.54) is 12.1 Å². The second kappa shape index (κ2) is 10.4. The molecule has 0 fully saturated rings. The van der Waals surface area contributed by atoms with Crippen LogP contribution >= 0.6 is 22.6 Å². The third-order valence-corrected chi connectivity index (χ3v) is 6.51. The molecule has 0 spiro atoms. The standard InChI is InChI=1S/C22H15F6IO7S/c23-21(24,25)20(22(26,27)28,11-37(32,33)34)36-19(31)16-9-8-13(29)10-17(16)35-18(30)15-7-3-5-12-4-1-2-6-14(12)15/h1-10,19,31H,11H2,(H,32,33,34)/t19-/m0/s1. The van der Waals surface area contributed by atoms with Gasteiger partial charge in [-0.3, -0.25) is 4.55 Å². The summed E-state index contributed by atoms with van der Waals surface area (Å²) in [4.78, 5) is 12.9. The first-order chi connectivity index (χ1) is 17.0. The number of fused-ring (bicyclic) bond motifs is 1. The summed E-state index contributed by atoms with van der Waals surface area (Å²) < 4.78 is 122. The molecule has 0 bridgehead atoms. The third-order valence-electron chi connectivity index (χ3n) is 5.07. The molecule has 200 valence electrons. The molecular formula is C22H15F6IO7S. The van der Waals surface area contributed by atoms with Gasteiger partial charge in [-0.2, -0.15) is 34.8 Å². The van der Waals surface area contributed by atoms with Gasteiger partial charge in [0, 0.05) is 3.57 Å². The molecule has 0 unspecified atom stereocenters. The first-order valence-electron chi connectivity index (χ1n) is 9.89. The molecule has 37 heavy (non-hydrogen) atoms. The number of aliphatic hydroxyl groups is 1. The zero-order chi connectivity index (χ0) is 27.8. The van der Waals surface area contributed by atoms with Gasteiger partial charge in [-0.15, -0.1) is 0 Å². The van der Waals surface area contributed by atoms with Gasteiger partial charge in [-0.05, 0) is 57.6 Å². The van der Waals surface area contributed by atoms with Crippen LogP contribution in [0.5, 0.6) is 5.75 Å². The molecule has 0 aliphatic rings. The number of carbonyl (C=O) groups is 1. The van der Waals surface area contributed by atoms with E-state index in [4.69, 9.17) is 9.29 Å². The van der Waals surface area contributed by atoms with Gasteiger partial charge >= 0.3 is 18.3 Å². The average Bonchev–Trinajstić information content (AvgIpc) is 2.75. The van der Waals surface area contributed by atoms with Crippen LogP contribution in [0.1, 0.15) is 22.2 Å². The first kappa shape index (κ1) is 29.1. The lowest BCUT2D eigenvalue weighted by atomic mass is 10.0. The first-order valence-corrected chi connectivity index (χ1v) is 12.6. The van der Waals surface area contributed by atoms with E-state index >= 15 is 0 Å². The van der Waals surface area contributed by atoms with Crippen molar-refractivity contribution in [2.75, 3.05) is 5.75 Å². The van der Waals surface area contributed by atoms with Crippen molar-refractivity contribution in [3.63, 3.8) is 0 Å². The maximum absolute atomic E-state index is 13.6. The number of carbonyl (C=O) groups excluding carboxylic acids is 1. The largest absolute Gasteiger partial charge is 0.427 e. The van der Waals surface area contributed by atoms with E-state index in [-0.39, 0.29) is 5.56 Å². The molecule has 0 saturated carbocycles. The molecule has 0 aliphatic carbocycles. The van der Waals surface area contributed by atoms with Crippen molar-refractivity contribution in [2.24, 2.45) is 0 Å². The Labute approximate surface area is 218 Å². The van der Waals surface area contributed by atoms with Crippen molar-refractivity contribution in [3.05, 3.63) is 75.4 Å². The van der Waals surface area contributed by atoms with Crippen molar-refractivity contribution < 1.29 is 58.7 Å². The van der Waals surface area contributed by atoms with Crippen molar-refractivity contribution >= 4 is 49.5 Å². The van der Waals surface area contributed by atoms with Crippen molar-refractivity contribution in [1.82, 2.24) is 0 Å². The second-order valence-corrected chi connectivity index (χ2v) is 10.3. The monoisotopic (exact) mass is 664 g/mol. The third kappa shape index (κ3) is 6.34. The van der Waals surface area contributed by atoms with Gasteiger partial charge in [-0.25, -0.2) is 4.79 Å². The van der Waals surface area contributed by atoms with Crippen LogP contribution in [0.25, 0.3) is 10.8 Å². The average molecular weight is 664 g/mol. The van der Waals surface area contributed by atoms with Crippen LogP contribution in [-0.4, -0.2) is 47.8 Å². The molecule has 0 saturated heterocycles. The van der Waals surface area contributed by atoms with E-state index in [0.29, 0.717) is 14.3 Å². The van der Waals surface area contributed by atoms with Crippen LogP contribution in [0.2, 0.25) is 0 Å². The van der Waals surface area contributed by atoms with Crippen LogP contribution < -0.4 is 4.74 Å². The molecule has 3 rings (SSSR count). The molecule has 0 aromatic heterocycles. The minimum atomic E-state index is -6.45. The van der Waals surface area contributed by atoms with Crippen molar-refractivity contribution in [1.29, 1.82) is 0 Å². The predicted molar refractivity (Wildman–Crippen MR) is 125 cm³/mol. The number of alkyl halides is 6. The zero-order valence-electron chi connectivity index (χ0n) is 18.0. The van der Waals surface area contributed by atoms with Crippen molar-refractivity contribution in [3.8, 4) is 5.75 Å². The molecule has 7 nitrogen and oxygen atoms in total. The summed E-state index contributed by atoms with van der Waals surface area (Å²) in [6, 6.07) is 14.2. The summed E-state index contributed by atoms with van der Waals surface area (Å²) in [5.41, 5.74) is -6.36. The highest BCUT2D eigenvalue weighted by Crippen LogP contribution is 2.49. The van der Waals surface area contributed by atoms with Crippen LogP contribution in [0, 0.1) is 3.57 Å². The molecule has 3 aromatic rings. The molecule has 15 heteroatoms. The fraction of sp³-hybridized carbons (Fsp3) is 0.227. The van der Waals surface area contributed by atoms with E-state index < -0.39 is 57.4 Å². The van der Waals surface area contributed by atoms with Gasteiger partial charge in [0.05, 0.1) is 11.1 Å². The maximum Gasteiger partial charge on any atom is 0.427 e. The van der Waals surface area contributed by atoms with Crippen LogP contribution in [0.15, 0.2) is 60.7 Å². The fourth-order valence-electron chi connectivity index (χ4n) is 3.36. The highest BCUT2D eigenvalue weighted by molar-refractivity contribution is 14.1. The molecule has 3 aromatic carbocycles. The Kier molecular flexibility index (Phi) is 8.14. The highest BCUT2D eigenvalue weighted by atomic mass is 127. The van der Waals surface area contributed by atoms with E-state index in [9.17, 15) is 44.7 Å². The minimum Gasteiger partial charge on any atom is -0.422 e. The summed E-state index contributed by atoms with van der Waals surface area (Å²) in [5.74, 6) is -4.69. The lowest BCUT2D eigenvalue weighted by Crippen LogP contribution is -2.63. The van der Waals surface area contributed by atoms with Gasteiger partial charge in [0.1, 0.15) is 11.5 Å². The maximum atomic E-state index is 13.6. The predicted octanol–water partition coefficient (Wildman–Crippen LogP) is 5.42. The number of aliphatic hydroxyl groups excluding tert-OH is 1. The van der Waals surface area contributed by atoms with Crippen LogP contribution in [0.4, 0.5) is 26.3 Å². The topological polar surface area (TPSA) is 110 Å². The zero-order valence-corrected chi connectivity index (χ0v) is 21.0. The molecular weight excluding hydrogens is 649 g/mol. The molecule has 2 N–H and O–H groups in total. The number of benzene rings is 3. The minimum absolute atomic E-state index is 0.00428. The van der Waals surface area contributed by atoms with Gasteiger partial charge in [0.15, 0.2) is 6.29 Å². The SMILES string of the molecule is O=C(Oc1cc(I)ccc1[C@@H](O)OC(CS(=O)(=O)O)(C(F)(F)F)C(F)(F)F)c1cccc2ccccc12. The van der Waals surface area contributed by atoms with Crippen LogP contribution in [0.3, 0.4) is 0 Å². The summed E-state index contributed by atoms with van der Waals surface area (Å²) in [6.07, 6.45) is -16.0. The smallest absolute Gasteiger partial charge is 0.422 e. The number of halogens is 7. The number of ether oxygens (including phenoxy) is 2. The fourth-order valence-corrected chi connectivity index (χ4v) is 4.73. The normalized spacial score (nSPS) is 14.0. The van der Waals surface area contributed by atoms with Crippen LogP contribution in [-0.2, 0) is 14.9 Å². The van der Waals surface area contributed by atoms with Gasteiger partial charge in [0.2, 0.25) is 0 Å². The number of hydrogen-bond acceptors (Lipinski definition) is 6. The Morgan fingerprint density at radius 3 is 2.14 bits per heavy atom. The molecule has 0 aliphatic heterocycles. The second-order valence-electron chi connectivity index (χ2n) is 7.62. The van der Waals surface area contributed by atoms with Crippen molar-refractivity contribution in [2.45, 2.75) is 24.2 Å². The number of esters is 1. The summed E-state index contributed by atoms with van der Waals surface area (Å²) in [6.45, 7) is 0. The van der Waals surface area contributed by atoms with E-state index in [1.54, 1.807) is 52.9 Å². The molecule has 0 radical (unpaired) electrons.